The van der Waals surface area contributed by atoms with Crippen LogP contribution in [0.4, 0.5) is 0 Å². The summed E-state index contributed by atoms with van der Waals surface area (Å²) in [4.78, 5) is 4.59. The first-order valence-electron chi connectivity index (χ1n) is 11.6. The van der Waals surface area contributed by atoms with Gasteiger partial charge in [0.25, 0.3) is 5.89 Å². The highest BCUT2D eigenvalue weighted by Gasteiger charge is 2.27. The Bertz CT molecular complexity index is 1340. The maximum Gasteiger partial charge on any atom is 0.258 e. The minimum atomic E-state index is -3.41. The van der Waals surface area contributed by atoms with E-state index in [2.05, 4.69) is 26.2 Å². The number of hydrogen-bond acceptors (Lipinski definition) is 8. The number of nitrogens with one attached hydrogen (secondary N) is 2. The quantitative estimate of drug-likeness (QED) is 0.461. The van der Waals surface area contributed by atoms with Crippen molar-refractivity contribution in [3.63, 3.8) is 0 Å². The third kappa shape index (κ3) is 5.70. The molecule has 1 heterocycles. The summed E-state index contributed by atoms with van der Waals surface area (Å²) in [5, 5.41) is 16.6. The first kappa shape index (κ1) is 24.9. The average molecular weight is 496 g/mol. The molecule has 0 amide bonds. The summed E-state index contributed by atoms with van der Waals surface area (Å²) < 4.78 is 39.1. The van der Waals surface area contributed by atoms with E-state index in [4.69, 9.17) is 9.26 Å². The van der Waals surface area contributed by atoms with Crippen molar-refractivity contribution in [1.29, 1.82) is 5.26 Å². The van der Waals surface area contributed by atoms with Gasteiger partial charge < -0.3 is 14.6 Å². The molecule has 1 atom stereocenters. The van der Waals surface area contributed by atoms with Crippen molar-refractivity contribution >= 4 is 10.0 Å². The van der Waals surface area contributed by atoms with Gasteiger partial charge in [0.2, 0.25) is 15.8 Å². The van der Waals surface area contributed by atoms with E-state index in [0.29, 0.717) is 35.1 Å². The SMILES string of the molecule is CNCCS(=O)(=O)N[C@@H]1CCCc2c(-c3noc(-c4ccc(OC(C)C)c(C#N)c4)n3)cccc21. The minimum absolute atomic E-state index is 0.0227. The van der Waals surface area contributed by atoms with Crippen molar-refractivity contribution in [2.75, 3.05) is 19.3 Å². The predicted octanol–water partition coefficient (Wildman–Crippen LogP) is 3.58. The summed E-state index contributed by atoms with van der Waals surface area (Å²) in [5.74, 6) is 1.25. The second kappa shape index (κ2) is 10.6. The number of benzene rings is 2. The Labute approximate surface area is 205 Å². The van der Waals surface area contributed by atoms with Gasteiger partial charge >= 0.3 is 0 Å². The lowest BCUT2D eigenvalue weighted by molar-refractivity contribution is 0.241. The molecule has 35 heavy (non-hydrogen) atoms. The Hall–Kier alpha value is -3.26. The second-order valence-electron chi connectivity index (χ2n) is 8.77. The Kier molecular flexibility index (Phi) is 7.50. The molecule has 0 fully saturated rings. The molecule has 184 valence electrons. The number of aromatic nitrogens is 2. The Morgan fingerprint density at radius 1 is 1.29 bits per heavy atom. The highest BCUT2D eigenvalue weighted by atomic mass is 32.2. The molecule has 1 aliphatic carbocycles. The molecule has 2 N–H and O–H groups in total. The molecule has 9 nitrogen and oxygen atoms in total. The highest BCUT2D eigenvalue weighted by molar-refractivity contribution is 7.89. The van der Waals surface area contributed by atoms with Crippen LogP contribution in [-0.4, -0.2) is 44.0 Å². The molecule has 2 aromatic carbocycles. The van der Waals surface area contributed by atoms with Crippen molar-refractivity contribution in [1.82, 2.24) is 20.2 Å². The first-order valence-corrected chi connectivity index (χ1v) is 13.3. The third-order valence-electron chi connectivity index (χ3n) is 5.83. The van der Waals surface area contributed by atoms with E-state index in [-0.39, 0.29) is 17.9 Å². The van der Waals surface area contributed by atoms with Gasteiger partial charge in [-0.05, 0) is 69.5 Å². The van der Waals surface area contributed by atoms with Crippen molar-refractivity contribution in [3.05, 3.63) is 53.1 Å². The van der Waals surface area contributed by atoms with E-state index in [1.165, 1.54) is 0 Å². The zero-order chi connectivity index (χ0) is 25.0. The summed E-state index contributed by atoms with van der Waals surface area (Å²) in [5.41, 5.74) is 3.79. The fourth-order valence-electron chi connectivity index (χ4n) is 4.25. The second-order valence-corrected chi connectivity index (χ2v) is 10.6. The number of hydrogen-bond donors (Lipinski definition) is 2. The van der Waals surface area contributed by atoms with Crippen LogP contribution >= 0.6 is 0 Å². The van der Waals surface area contributed by atoms with E-state index in [9.17, 15) is 13.7 Å². The molecule has 0 saturated carbocycles. The molecule has 0 spiro atoms. The van der Waals surface area contributed by atoms with Gasteiger partial charge in [0.1, 0.15) is 11.8 Å². The highest BCUT2D eigenvalue weighted by Crippen LogP contribution is 2.36. The van der Waals surface area contributed by atoms with Crippen molar-refractivity contribution < 1.29 is 17.7 Å². The third-order valence-corrected chi connectivity index (χ3v) is 7.21. The van der Waals surface area contributed by atoms with Gasteiger partial charge in [-0.1, -0.05) is 23.4 Å². The molecule has 0 unspecified atom stereocenters. The van der Waals surface area contributed by atoms with Gasteiger partial charge in [0.15, 0.2) is 0 Å². The van der Waals surface area contributed by atoms with Crippen molar-refractivity contribution in [2.45, 2.75) is 45.3 Å². The van der Waals surface area contributed by atoms with E-state index < -0.39 is 10.0 Å². The molecular formula is C25H29N5O4S. The number of ether oxygens (including phenoxy) is 1. The van der Waals surface area contributed by atoms with Gasteiger partial charge in [-0.15, -0.1) is 0 Å². The molecule has 0 saturated heterocycles. The summed E-state index contributed by atoms with van der Waals surface area (Å²) in [6, 6.07) is 12.8. The van der Waals surface area contributed by atoms with Crippen LogP contribution in [0.5, 0.6) is 5.75 Å². The van der Waals surface area contributed by atoms with Gasteiger partial charge in [-0.3, -0.25) is 0 Å². The molecule has 4 rings (SSSR count). The topological polar surface area (TPSA) is 130 Å². The monoisotopic (exact) mass is 495 g/mol. The van der Waals surface area contributed by atoms with E-state index in [0.717, 1.165) is 36.0 Å². The number of nitrogens with zero attached hydrogens (tertiary/aromatic N) is 3. The van der Waals surface area contributed by atoms with Crippen LogP contribution in [0.3, 0.4) is 0 Å². The summed E-state index contributed by atoms with van der Waals surface area (Å²) in [6.45, 7) is 4.19. The van der Waals surface area contributed by atoms with Gasteiger partial charge in [-0.25, -0.2) is 13.1 Å². The van der Waals surface area contributed by atoms with Crippen LogP contribution in [0, 0.1) is 11.3 Å². The van der Waals surface area contributed by atoms with Crippen LogP contribution in [0.25, 0.3) is 22.8 Å². The van der Waals surface area contributed by atoms with Crippen LogP contribution in [0.1, 0.15) is 49.4 Å². The largest absolute Gasteiger partial charge is 0.490 e. The van der Waals surface area contributed by atoms with E-state index in [1.54, 1.807) is 25.2 Å². The van der Waals surface area contributed by atoms with Gasteiger partial charge in [0, 0.05) is 23.7 Å². The fourth-order valence-corrected chi connectivity index (χ4v) is 5.52. The van der Waals surface area contributed by atoms with Crippen LogP contribution in [-0.2, 0) is 16.4 Å². The van der Waals surface area contributed by atoms with Crippen LogP contribution in [0.15, 0.2) is 40.9 Å². The number of fused-ring (bicyclic) bond motifs is 1. The van der Waals surface area contributed by atoms with Crippen LogP contribution < -0.4 is 14.8 Å². The lowest BCUT2D eigenvalue weighted by Crippen LogP contribution is -2.35. The smallest absolute Gasteiger partial charge is 0.258 e. The van der Waals surface area contributed by atoms with Crippen molar-refractivity contribution in [3.8, 4) is 34.7 Å². The minimum Gasteiger partial charge on any atom is -0.490 e. The van der Waals surface area contributed by atoms with Crippen molar-refractivity contribution in [2.24, 2.45) is 0 Å². The van der Waals surface area contributed by atoms with Gasteiger partial charge in [0.05, 0.1) is 17.4 Å². The zero-order valence-electron chi connectivity index (χ0n) is 20.0. The molecule has 3 aromatic rings. The summed E-state index contributed by atoms with van der Waals surface area (Å²) in [6.07, 6.45) is 2.32. The maximum absolute atomic E-state index is 12.5. The molecule has 0 aliphatic heterocycles. The lowest BCUT2D eigenvalue weighted by atomic mass is 9.85. The molecule has 0 radical (unpaired) electrons. The normalized spacial score (nSPS) is 15.6. The lowest BCUT2D eigenvalue weighted by Gasteiger charge is -2.27. The first-order chi connectivity index (χ1) is 16.8. The summed E-state index contributed by atoms with van der Waals surface area (Å²) in [7, 11) is -1.68. The average Bonchev–Trinajstić information content (AvgIpc) is 3.32. The Morgan fingerprint density at radius 3 is 2.86 bits per heavy atom. The molecule has 1 aliphatic rings. The fraction of sp³-hybridized carbons (Fsp3) is 0.400. The molecule has 10 heteroatoms. The Morgan fingerprint density at radius 2 is 2.11 bits per heavy atom. The summed E-state index contributed by atoms with van der Waals surface area (Å²) >= 11 is 0. The molecular weight excluding hydrogens is 466 g/mol. The number of rotatable bonds is 9. The Balaban J connectivity index is 1.63. The standard InChI is InChI=1S/C25H29N5O4S/c1-16(2)33-23-11-10-17(14-18(23)15-26)25-28-24(29-34-25)21-8-4-7-20-19(21)6-5-9-22(20)30-35(31,32)13-12-27-3/h4,7-8,10-11,14,16,22,27,30H,5-6,9,12-13H2,1-3H3/t22-/m1/s1. The molecule has 0 bridgehead atoms. The van der Waals surface area contributed by atoms with E-state index >= 15 is 0 Å². The maximum atomic E-state index is 12.5. The molecule has 1 aromatic heterocycles. The zero-order valence-corrected chi connectivity index (χ0v) is 20.9. The van der Waals surface area contributed by atoms with E-state index in [1.807, 2.05) is 32.0 Å². The number of nitriles is 1. The predicted molar refractivity (Wildman–Crippen MR) is 132 cm³/mol. The van der Waals surface area contributed by atoms with Crippen LogP contribution in [0.2, 0.25) is 0 Å². The van der Waals surface area contributed by atoms with Gasteiger partial charge in [-0.2, -0.15) is 10.2 Å². The number of sulfonamides is 1.